The van der Waals surface area contributed by atoms with Crippen LogP contribution in [-0.4, -0.2) is 40.9 Å². The topological polar surface area (TPSA) is 79.3 Å². The second-order valence-corrected chi connectivity index (χ2v) is 5.49. The van der Waals surface area contributed by atoms with E-state index in [0.717, 1.165) is 44.0 Å². The molecule has 2 rings (SSSR count). The third-order valence-corrected chi connectivity index (χ3v) is 3.55. The molecule has 1 aromatic rings. The fourth-order valence-electron chi connectivity index (χ4n) is 2.31. The minimum absolute atomic E-state index is 0.113. The third kappa shape index (κ3) is 5.13. The Kier molecular flexibility index (Phi) is 6.20. The van der Waals surface area contributed by atoms with Gasteiger partial charge in [-0.1, -0.05) is 6.92 Å². The van der Waals surface area contributed by atoms with Crippen molar-refractivity contribution in [2.45, 2.75) is 45.8 Å². The zero-order valence-corrected chi connectivity index (χ0v) is 12.9. The number of aromatic nitrogens is 2. The monoisotopic (exact) mass is 294 g/mol. The lowest BCUT2D eigenvalue weighted by Crippen LogP contribution is -2.33. The molecular formula is C15H26N4O2. The van der Waals surface area contributed by atoms with Crippen molar-refractivity contribution < 1.29 is 9.84 Å². The summed E-state index contributed by atoms with van der Waals surface area (Å²) in [5.74, 6) is 2.88. The van der Waals surface area contributed by atoms with E-state index in [1.54, 1.807) is 0 Å². The first-order valence-corrected chi connectivity index (χ1v) is 7.82. The van der Waals surface area contributed by atoms with Gasteiger partial charge in [-0.15, -0.1) is 0 Å². The van der Waals surface area contributed by atoms with E-state index in [1.165, 1.54) is 0 Å². The summed E-state index contributed by atoms with van der Waals surface area (Å²) in [6.45, 7) is 6.89. The van der Waals surface area contributed by atoms with Gasteiger partial charge in [-0.2, -0.15) is 0 Å². The Hall–Kier alpha value is -1.40. The van der Waals surface area contributed by atoms with Gasteiger partial charge in [0, 0.05) is 25.8 Å². The predicted octanol–water partition coefficient (Wildman–Crippen LogP) is 2.02. The Labute approximate surface area is 126 Å². The van der Waals surface area contributed by atoms with E-state index in [-0.39, 0.29) is 6.10 Å². The van der Waals surface area contributed by atoms with Crippen LogP contribution in [0.3, 0.4) is 0 Å². The summed E-state index contributed by atoms with van der Waals surface area (Å²) in [5, 5.41) is 15.9. The molecule has 1 aliphatic rings. The zero-order valence-electron chi connectivity index (χ0n) is 12.9. The first kappa shape index (κ1) is 16.0. The first-order valence-electron chi connectivity index (χ1n) is 7.82. The van der Waals surface area contributed by atoms with Crippen LogP contribution >= 0.6 is 0 Å². The van der Waals surface area contributed by atoms with E-state index in [2.05, 4.69) is 27.5 Å². The van der Waals surface area contributed by atoms with E-state index in [9.17, 15) is 5.11 Å². The fourth-order valence-corrected chi connectivity index (χ4v) is 2.31. The van der Waals surface area contributed by atoms with E-state index in [4.69, 9.17) is 4.74 Å². The molecule has 0 bridgehead atoms. The standard InChI is InChI=1S/C15H26N4O2/c1-3-5-16-13-8-14(17-9-11-6-12(20)7-11)19-15(18-13)10-21-4-2/h8,11-12,20H,3-7,9-10H2,1-2H3,(H2,16,17,18,19). The number of anilines is 2. The smallest absolute Gasteiger partial charge is 0.158 e. The lowest BCUT2D eigenvalue weighted by Gasteiger charge is -2.31. The van der Waals surface area contributed by atoms with Crippen molar-refractivity contribution in [3.63, 3.8) is 0 Å². The van der Waals surface area contributed by atoms with E-state index >= 15 is 0 Å². The predicted molar refractivity (Wildman–Crippen MR) is 83.4 cm³/mol. The van der Waals surface area contributed by atoms with Gasteiger partial charge >= 0.3 is 0 Å². The highest BCUT2D eigenvalue weighted by Gasteiger charge is 2.26. The number of nitrogens with one attached hydrogen (secondary N) is 2. The van der Waals surface area contributed by atoms with Crippen LogP contribution in [0.1, 0.15) is 38.9 Å². The number of ether oxygens (including phenoxy) is 1. The Morgan fingerprint density at radius 2 is 1.95 bits per heavy atom. The molecule has 1 saturated carbocycles. The van der Waals surface area contributed by atoms with Crippen LogP contribution in [0.4, 0.5) is 11.6 Å². The minimum Gasteiger partial charge on any atom is -0.393 e. The average molecular weight is 294 g/mol. The third-order valence-electron chi connectivity index (χ3n) is 3.55. The Bertz CT molecular complexity index is 409. The molecule has 0 amide bonds. The van der Waals surface area contributed by atoms with Crippen LogP contribution in [0.5, 0.6) is 0 Å². The largest absolute Gasteiger partial charge is 0.393 e. The molecular weight excluding hydrogens is 268 g/mol. The highest BCUT2D eigenvalue weighted by Crippen LogP contribution is 2.27. The van der Waals surface area contributed by atoms with E-state index < -0.39 is 0 Å². The highest BCUT2D eigenvalue weighted by atomic mass is 16.5. The van der Waals surface area contributed by atoms with Gasteiger partial charge in [-0.05, 0) is 32.1 Å². The molecule has 6 heteroatoms. The van der Waals surface area contributed by atoms with Crippen molar-refractivity contribution >= 4 is 11.6 Å². The summed E-state index contributed by atoms with van der Waals surface area (Å²) in [6.07, 6.45) is 2.70. The normalized spacial score (nSPS) is 20.9. The van der Waals surface area contributed by atoms with E-state index in [0.29, 0.717) is 25.0 Å². The van der Waals surface area contributed by atoms with Crippen LogP contribution in [0.2, 0.25) is 0 Å². The molecule has 0 unspecified atom stereocenters. The number of nitrogens with zero attached hydrogens (tertiary/aromatic N) is 2. The summed E-state index contributed by atoms with van der Waals surface area (Å²) >= 11 is 0. The molecule has 0 spiro atoms. The molecule has 1 fully saturated rings. The quantitative estimate of drug-likeness (QED) is 0.646. The van der Waals surface area contributed by atoms with Crippen LogP contribution in [0.15, 0.2) is 6.07 Å². The Morgan fingerprint density at radius 3 is 2.57 bits per heavy atom. The first-order chi connectivity index (χ1) is 10.2. The van der Waals surface area contributed by atoms with Crippen molar-refractivity contribution in [1.82, 2.24) is 9.97 Å². The van der Waals surface area contributed by atoms with Crippen LogP contribution < -0.4 is 10.6 Å². The van der Waals surface area contributed by atoms with Gasteiger partial charge in [-0.3, -0.25) is 0 Å². The van der Waals surface area contributed by atoms with E-state index in [1.807, 2.05) is 13.0 Å². The van der Waals surface area contributed by atoms with Gasteiger partial charge < -0.3 is 20.5 Å². The SMILES string of the molecule is CCCNc1cc(NCC2CC(O)C2)nc(COCC)n1. The second-order valence-electron chi connectivity index (χ2n) is 5.49. The molecule has 0 aromatic carbocycles. The van der Waals surface area contributed by atoms with Gasteiger partial charge in [-0.25, -0.2) is 9.97 Å². The van der Waals surface area contributed by atoms with Crippen molar-refractivity contribution in [2.75, 3.05) is 30.3 Å². The number of rotatable bonds is 9. The molecule has 21 heavy (non-hydrogen) atoms. The van der Waals surface area contributed by atoms with Gasteiger partial charge in [0.2, 0.25) is 0 Å². The zero-order chi connectivity index (χ0) is 15.1. The maximum Gasteiger partial charge on any atom is 0.158 e. The van der Waals surface area contributed by atoms with Gasteiger partial charge in [0.1, 0.15) is 18.2 Å². The van der Waals surface area contributed by atoms with Crippen molar-refractivity contribution in [2.24, 2.45) is 5.92 Å². The summed E-state index contributed by atoms with van der Waals surface area (Å²) in [7, 11) is 0. The molecule has 1 aromatic heterocycles. The summed E-state index contributed by atoms with van der Waals surface area (Å²) in [6, 6.07) is 1.93. The maximum atomic E-state index is 9.32. The van der Waals surface area contributed by atoms with Gasteiger partial charge in [0.05, 0.1) is 6.10 Å². The summed E-state index contributed by atoms with van der Waals surface area (Å²) < 4.78 is 5.39. The van der Waals surface area contributed by atoms with Crippen LogP contribution in [0.25, 0.3) is 0 Å². The lowest BCUT2D eigenvalue weighted by atomic mass is 9.82. The van der Waals surface area contributed by atoms with Crippen molar-refractivity contribution in [3.8, 4) is 0 Å². The number of hydrogen-bond acceptors (Lipinski definition) is 6. The van der Waals surface area contributed by atoms with Crippen LogP contribution in [-0.2, 0) is 11.3 Å². The Balaban J connectivity index is 1.95. The van der Waals surface area contributed by atoms with Gasteiger partial charge in [0.25, 0.3) is 0 Å². The second kappa shape index (κ2) is 8.14. The average Bonchev–Trinajstić information content (AvgIpc) is 2.46. The molecule has 118 valence electrons. The maximum absolute atomic E-state index is 9.32. The molecule has 0 saturated heterocycles. The number of aliphatic hydroxyl groups excluding tert-OH is 1. The van der Waals surface area contributed by atoms with Crippen molar-refractivity contribution in [3.05, 3.63) is 11.9 Å². The molecule has 0 aliphatic heterocycles. The van der Waals surface area contributed by atoms with Gasteiger partial charge in [0.15, 0.2) is 5.82 Å². The summed E-state index contributed by atoms with van der Waals surface area (Å²) in [4.78, 5) is 8.93. The minimum atomic E-state index is -0.113. The summed E-state index contributed by atoms with van der Waals surface area (Å²) in [5.41, 5.74) is 0. The van der Waals surface area contributed by atoms with Crippen LogP contribution in [0, 0.1) is 5.92 Å². The molecule has 1 heterocycles. The molecule has 0 atom stereocenters. The lowest BCUT2D eigenvalue weighted by molar-refractivity contribution is 0.0486. The van der Waals surface area contributed by atoms with Crippen molar-refractivity contribution in [1.29, 1.82) is 0 Å². The fraction of sp³-hybridized carbons (Fsp3) is 0.733. The molecule has 0 radical (unpaired) electrons. The number of aliphatic hydroxyl groups is 1. The molecule has 1 aliphatic carbocycles. The highest BCUT2D eigenvalue weighted by molar-refractivity contribution is 5.47. The Morgan fingerprint density at radius 1 is 1.24 bits per heavy atom. The molecule has 3 N–H and O–H groups in total. The number of hydrogen-bond donors (Lipinski definition) is 3. The molecule has 6 nitrogen and oxygen atoms in total.